The van der Waals surface area contributed by atoms with Crippen LogP contribution in [0.4, 0.5) is 13.2 Å². The molecule has 2 heterocycles. The number of aromatic nitrogens is 2. The van der Waals surface area contributed by atoms with Gasteiger partial charge in [-0.2, -0.15) is 13.2 Å². The first kappa shape index (κ1) is 13.6. The molecule has 19 heavy (non-hydrogen) atoms. The average Bonchev–Trinajstić information content (AvgIpc) is 2.94. The minimum absolute atomic E-state index is 0.124. The molecule has 0 spiro atoms. The van der Waals surface area contributed by atoms with Crippen LogP contribution in [0.15, 0.2) is 29.9 Å². The third-order valence-electron chi connectivity index (χ3n) is 2.49. The number of thiophene rings is 1. The van der Waals surface area contributed by atoms with Gasteiger partial charge in [-0.15, -0.1) is 11.3 Å². The number of alkyl halides is 3. The highest BCUT2D eigenvalue weighted by Crippen LogP contribution is 2.36. The highest BCUT2D eigenvalue weighted by Gasteiger charge is 2.43. The standard InChI is InChI=1S/C11H9F3N2O2S/c12-11(13,14)8(6-9(17)18)16-4-3-15-10(16)7-2-1-5-19-7/h1-5,8H,6H2,(H,17,18). The van der Waals surface area contributed by atoms with Crippen molar-refractivity contribution in [2.75, 3.05) is 0 Å². The molecule has 0 amide bonds. The molecule has 1 atom stereocenters. The summed E-state index contributed by atoms with van der Waals surface area (Å²) in [7, 11) is 0. The van der Waals surface area contributed by atoms with E-state index >= 15 is 0 Å². The fraction of sp³-hybridized carbons (Fsp3) is 0.273. The summed E-state index contributed by atoms with van der Waals surface area (Å²) in [6.45, 7) is 0. The molecular formula is C11H9F3N2O2S. The first-order valence-electron chi connectivity index (χ1n) is 5.25. The summed E-state index contributed by atoms with van der Waals surface area (Å²) < 4.78 is 39.7. The second-order valence-electron chi connectivity index (χ2n) is 3.79. The molecule has 0 aliphatic heterocycles. The van der Waals surface area contributed by atoms with E-state index in [-0.39, 0.29) is 5.82 Å². The van der Waals surface area contributed by atoms with E-state index in [1.807, 2.05) is 0 Å². The van der Waals surface area contributed by atoms with Gasteiger partial charge in [0.05, 0.1) is 11.3 Å². The maximum atomic E-state index is 13.0. The molecule has 2 rings (SSSR count). The molecule has 2 aromatic heterocycles. The Bertz CT molecular complexity index is 563. The Morgan fingerprint density at radius 3 is 2.79 bits per heavy atom. The van der Waals surface area contributed by atoms with Crippen LogP contribution in [0.2, 0.25) is 0 Å². The second-order valence-corrected chi connectivity index (χ2v) is 4.74. The highest BCUT2D eigenvalue weighted by atomic mass is 32.1. The van der Waals surface area contributed by atoms with E-state index in [0.29, 0.717) is 4.88 Å². The Labute approximate surface area is 110 Å². The minimum Gasteiger partial charge on any atom is -0.481 e. The molecular weight excluding hydrogens is 281 g/mol. The van der Waals surface area contributed by atoms with Crippen LogP contribution >= 0.6 is 11.3 Å². The van der Waals surface area contributed by atoms with Gasteiger partial charge in [0, 0.05) is 12.4 Å². The lowest BCUT2D eigenvalue weighted by molar-refractivity contribution is -0.176. The summed E-state index contributed by atoms with van der Waals surface area (Å²) in [5, 5.41) is 10.4. The SMILES string of the molecule is O=C(O)CC(n1ccnc1-c1cccs1)C(F)(F)F. The average molecular weight is 290 g/mol. The normalized spacial score (nSPS) is 13.4. The van der Waals surface area contributed by atoms with E-state index in [9.17, 15) is 18.0 Å². The van der Waals surface area contributed by atoms with Gasteiger partial charge in [0.1, 0.15) is 6.04 Å². The van der Waals surface area contributed by atoms with Crippen molar-refractivity contribution in [3.63, 3.8) is 0 Å². The van der Waals surface area contributed by atoms with Gasteiger partial charge in [-0.1, -0.05) is 6.07 Å². The van der Waals surface area contributed by atoms with Crippen molar-refractivity contribution in [1.82, 2.24) is 9.55 Å². The van der Waals surface area contributed by atoms with Gasteiger partial charge >= 0.3 is 12.1 Å². The third kappa shape index (κ3) is 2.95. The van der Waals surface area contributed by atoms with Gasteiger partial charge in [0.15, 0.2) is 5.82 Å². The lowest BCUT2D eigenvalue weighted by atomic mass is 10.2. The van der Waals surface area contributed by atoms with Crippen molar-refractivity contribution >= 4 is 17.3 Å². The zero-order chi connectivity index (χ0) is 14.0. The molecule has 2 aromatic rings. The second kappa shape index (κ2) is 5.04. The van der Waals surface area contributed by atoms with Crippen molar-refractivity contribution in [1.29, 1.82) is 0 Å². The maximum Gasteiger partial charge on any atom is 0.409 e. The molecule has 1 N–H and O–H groups in total. The quantitative estimate of drug-likeness (QED) is 0.940. The van der Waals surface area contributed by atoms with E-state index in [2.05, 4.69) is 4.98 Å². The zero-order valence-electron chi connectivity index (χ0n) is 9.46. The summed E-state index contributed by atoms with van der Waals surface area (Å²) >= 11 is 1.24. The third-order valence-corrected chi connectivity index (χ3v) is 3.36. The van der Waals surface area contributed by atoms with Crippen molar-refractivity contribution < 1.29 is 23.1 Å². The number of halogens is 3. The van der Waals surface area contributed by atoms with E-state index in [0.717, 1.165) is 10.8 Å². The van der Waals surface area contributed by atoms with Crippen molar-refractivity contribution in [2.24, 2.45) is 0 Å². The Hall–Kier alpha value is -1.83. The number of carboxylic acids is 1. The Morgan fingerprint density at radius 2 is 2.26 bits per heavy atom. The van der Waals surface area contributed by atoms with Gasteiger partial charge in [0.2, 0.25) is 0 Å². The first-order valence-corrected chi connectivity index (χ1v) is 6.13. The highest BCUT2D eigenvalue weighted by molar-refractivity contribution is 7.13. The number of hydrogen-bond donors (Lipinski definition) is 1. The summed E-state index contributed by atoms with van der Waals surface area (Å²) in [5.74, 6) is -1.38. The molecule has 0 saturated carbocycles. The first-order chi connectivity index (χ1) is 8.89. The number of hydrogen-bond acceptors (Lipinski definition) is 3. The number of nitrogens with zero attached hydrogens (tertiary/aromatic N) is 2. The van der Waals surface area contributed by atoms with Gasteiger partial charge in [0.25, 0.3) is 0 Å². The summed E-state index contributed by atoms with van der Waals surface area (Å²) in [6, 6.07) is 1.21. The molecule has 0 fully saturated rings. The minimum atomic E-state index is -4.65. The summed E-state index contributed by atoms with van der Waals surface area (Å²) in [5.41, 5.74) is 0. The van der Waals surface area contributed by atoms with Crippen molar-refractivity contribution in [3.05, 3.63) is 29.9 Å². The van der Waals surface area contributed by atoms with Crippen LogP contribution in [0, 0.1) is 0 Å². The molecule has 0 radical (unpaired) electrons. The van der Waals surface area contributed by atoms with Gasteiger partial charge in [-0.05, 0) is 11.4 Å². The van der Waals surface area contributed by atoms with Crippen molar-refractivity contribution in [2.45, 2.75) is 18.6 Å². The monoisotopic (exact) mass is 290 g/mol. The molecule has 0 aliphatic rings. The lowest BCUT2D eigenvalue weighted by Gasteiger charge is -2.21. The van der Waals surface area contributed by atoms with E-state index in [1.54, 1.807) is 17.5 Å². The molecule has 102 valence electrons. The number of rotatable bonds is 4. The fourth-order valence-electron chi connectivity index (χ4n) is 1.70. The molecule has 8 heteroatoms. The van der Waals surface area contributed by atoms with Crippen LogP contribution in [-0.2, 0) is 4.79 Å². The largest absolute Gasteiger partial charge is 0.481 e. The smallest absolute Gasteiger partial charge is 0.409 e. The van der Waals surface area contributed by atoms with Crippen LogP contribution < -0.4 is 0 Å². The molecule has 0 bridgehead atoms. The lowest BCUT2D eigenvalue weighted by Crippen LogP contribution is -2.29. The van der Waals surface area contributed by atoms with Crippen LogP contribution in [0.5, 0.6) is 0 Å². The topological polar surface area (TPSA) is 55.1 Å². The Morgan fingerprint density at radius 1 is 1.53 bits per heavy atom. The Balaban J connectivity index is 2.43. The van der Waals surface area contributed by atoms with E-state index in [4.69, 9.17) is 5.11 Å². The number of carboxylic acid groups (broad SMARTS) is 1. The van der Waals surface area contributed by atoms with Gasteiger partial charge < -0.3 is 9.67 Å². The van der Waals surface area contributed by atoms with Crippen LogP contribution in [0.25, 0.3) is 10.7 Å². The number of carbonyl (C=O) groups is 1. The number of aliphatic carboxylic acids is 1. The van der Waals surface area contributed by atoms with Gasteiger partial charge in [-0.25, -0.2) is 4.98 Å². The van der Waals surface area contributed by atoms with Crippen LogP contribution in [-0.4, -0.2) is 26.8 Å². The summed E-state index contributed by atoms with van der Waals surface area (Å²) in [6.07, 6.45) is -3.30. The molecule has 1 unspecified atom stereocenters. The summed E-state index contributed by atoms with van der Waals surface area (Å²) in [4.78, 5) is 15.1. The number of imidazole rings is 1. The zero-order valence-corrected chi connectivity index (χ0v) is 10.3. The molecule has 0 aliphatic carbocycles. The van der Waals surface area contributed by atoms with E-state index < -0.39 is 24.6 Å². The van der Waals surface area contributed by atoms with Crippen LogP contribution in [0.1, 0.15) is 12.5 Å². The molecule has 0 saturated heterocycles. The van der Waals surface area contributed by atoms with Crippen LogP contribution in [0.3, 0.4) is 0 Å². The predicted octanol–water partition coefficient (Wildman–Crippen LogP) is 3.19. The van der Waals surface area contributed by atoms with Crippen molar-refractivity contribution in [3.8, 4) is 10.7 Å². The molecule has 4 nitrogen and oxygen atoms in total. The maximum absolute atomic E-state index is 13.0. The Kier molecular flexibility index (Phi) is 3.61. The predicted molar refractivity (Wildman–Crippen MR) is 62.9 cm³/mol. The molecule has 0 aromatic carbocycles. The van der Waals surface area contributed by atoms with E-state index in [1.165, 1.54) is 17.5 Å². The van der Waals surface area contributed by atoms with Gasteiger partial charge in [-0.3, -0.25) is 4.79 Å². The fourth-order valence-corrected chi connectivity index (χ4v) is 2.42.